The fourth-order valence-corrected chi connectivity index (χ4v) is 2.31. The van der Waals surface area contributed by atoms with Crippen molar-refractivity contribution in [1.29, 1.82) is 0 Å². The van der Waals surface area contributed by atoms with Crippen LogP contribution in [-0.4, -0.2) is 15.6 Å². The van der Waals surface area contributed by atoms with Gasteiger partial charge in [0.1, 0.15) is 0 Å². The Labute approximate surface area is 91.6 Å². The summed E-state index contributed by atoms with van der Waals surface area (Å²) in [6.45, 7) is 2.81. The van der Waals surface area contributed by atoms with Gasteiger partial charge in [-0.3, -0.25) is 0 Å². The molecule has 0 aliphatic rings. The zero-order chi connectivity index (χ0) is 10.8. The first-order valence-corrected chi connectivity index (χ1v) is 5.47. The highest BCUT2D eigenvalue weighted by Gasteiger charge is 2.06. The highest BCUT2D eigenvalue weighted by atomic mass is 32.1. The Hall–Kier alpha value is -1.55. The number of carboxylic acid groups (broad SMARTS) is 1. The number of carboxylic acids is 1. The topological polar surface area (TPSA) is 42.2 Å². The monoisotopic (exact) mass is 221 g/mol. The number of aryl methyl sites for hydroxylation is 1. The van der Waals surface area contributed by atoms with Crippen LogP contribution < -0.4 is 0 Å². The van der Waals surface area contributed by atoms with Crippen LogP contribution in [0, 0.1) is 6.92 Å². The van der Waals surface area contributed by atoms with Gasteiger partial charge >= 0.3 is 5.97 Å². The summed E-state index contributed by atoms with van der Waals surface area (Å²) in [7, 11) is 0. The van der Waals surface area contributed by atoms with Crippen molar-refractivity contribution in [2.24, 2.45) is 0 Å². The molecule has 2 rings (SSSR count). The summed E-state index contributed by atoms with van der Waals surface area (Å²) < 4.78 is 1.89. The molecule has 0 radical (unpaired) electrons. The molecule has 0 amide bonds. The average Bonchev–Trinajstić information content (AvgIpc) is 2.77. The third-order valence-corrected chi connectivity index (χ3v) is 3.30. The lowest BCUT2D eigenvalue weighted by atomic mass is 10.3. The molecule has 2 aromatic rings. The van der Waals surface area contributed by atoms with Crippen molar-refractivity contribution in [2.45, 2.75) is 13.5 Å². The third-order valence-electron chi connectivity index (χ3n) is 2.29. The molecular formula is C11H11NO2S. The van der Waals surface area contributed by atoms with E-state index in [1.807, 2.05) is 9.95 Å². The molecule has 0 aliphatic heterocycles. The zero-order valence-corrected chi connectivity index (χ0v) is 9.12. The van der Waals surface area contributed by atoms with Crippen LogP contribution in [0.5, 0.6) is 0 Å². The minimum atomic E-state index is -0.878. The molecule has 1 N–H and O–H groups in total. The molecule has 3 nitrogen and oxygen atoms in total. The molecule has 0 unspecified atom stereocenters. The standard InChI is InChI=1S/C11H11NO2S/c1-8-3-5-15-10(8)7-12-4-2-9(6-12)11(13)14/h2-6H,7H2,1H3,(H,13,14). The second kappa shape index (κ2) is 3.90. The molecule has 15 heavy (non-hydrogen) atoms. The Morgan fingerprint density at radius 2 is 2.33 bits per heavy atom. The van der Waals surface area contributed by atoms with E-state index < -0.39 is 5.97 Å². The quantitative estimate of drug-likeness (QED) is 0.865. The van der Waals surface area contributed by atoms with Crippen LogP contribution in [0.2, 0.25) is 0 Å². The van der Waals surface area contributed by atoms with E-state index in [0.717, 1.165) is 6.54 Å². The lowest BCUT2D eigenvalue weighted by Crippen LogP contribution is -1.97. The van der Waals surface area contributed by atoms with Gasteiger partial charge in [0.2, 0.25) is 0 Å². The SMILES string of the molecule is Cc1ccsc1Cn1ccc(C(=O)O)c1. The van der Waals surface area contributed by atoms with E-state index in [1.165, 1.54) is 10.4 Å². The van der Waals surface area contributed by atoms with Crippen molar-refractivity contribution in [3.63, 3.8) is 0 Å². The number of hydrogen-bond acceptors (Lipinski definition) is 2. The van der Waals surface area contributed by atoms with Crippen LogP contribution in [-0.2, 0) is 6.54 Å². The number of thiophene rings is 1. The van der Waals surface area contributed by atoms with Crippen LogP contribution >= 0.6 is 11.3 Å². The van der Waals surface area contributed by atoms with Gasteiger partial charge in [-0.1, -0.05) is 0 Å². The molecule has 0 atom stereocenters. The van der Waals surface area contributed by atoms with Crippen molar-refractivity contribution < 1.29 is 9.90 Å². The van der Waals surface area contributed by atoms with Gasteiger partial charge in [0, 0.05) is 17.3 Å². The Kier molecular flexibility index (Phi) is 2.60. The van der Waals surface area contributed by atoms with Gasteiger partial charge < -0.3 is 9.67 Å². The molecule has 0 fully saturated rings. The van der Waals surface area contributed by atoms with Crippen molar-refractivity contribution >= 4 is 17.3 Å². The largest absolute Gasteiger partial charge is 0.478 e. The molecule has 78 valence electrons. The van der Waals surface area contributed by atoms with Crippen LogP contribution in [0.25, 0.3) is 0 Å². The van der Waals surface area contributed by atoms with E-state index in [1.54, 1.807) is 29.8 Å². The summed E-state index contributed by atoms with van der Waals surface area (Å²) >= 11 is 1.69. The highest BCUT2D eigenvalue weighted by molar-refractivity contribution is 7.10. The predicted octanol–water partition coefficient (Wildman–Crippen LogP) is 2.60. The Balaban J connectivity index is 2.18. The van der Waals surface area contributed by atoms with E-state index in [2.05, 4.69) is 13.0 Å². The maximum absolute atomic E-state index is 10.7. The summed E-state index contributed by atoms with van der Waals surface area (Å²) in [6.07, 6.45) is 3.45. The lowest BCUT2D eigenvalue weighted by Gasteiger charge is -2.00. The van der Waals surface area contributed by atoms with Gasteiger partial charge in [0.15, 0.2) is 0 Å². The number of rotatable bonds is 3. The fourth-order valence-electron chi connectivity index (χ4n) is 1.40. The van der Waals surface area contributed by atoms with Crippen molar-refractivity contribution in [3.05, 3.63) is 45.9 Å². The molecule has 2 heterocycles. The molecule has 0 aromatic carbocycles. The maximum Gasteiger partial charge on any atom is 0.337 e. The summed E-state index contributed by atoms with van der Waals surface area (Å²) in [5.41, 5.74) is 1.59. The van der Waals surface area contributed by atoms with Crippen molar-refractivity contribution in [1.82, 2.24) is 4.57 Å². The second-order valence-electron chi connectivity index (χ2n) is 3.40. The molecular weight excluding hydrogens is 210 g/mol. The summed E-state index contributed by atoms with van der Waals surface area (Å²) in [5.74, 6) is -0.878. The average molecular weight is 221 g/mol. The number of hydrogen-bond donors (Lipinski definition) is 1. The molecule has 0 saturated carbocycles. The number of aromatic carboxylic acids is 1. The molecule has 0 saturated heterocycles. The highest BCUT2D eigenvalue weighted by Crippen LogP contribution is 2.17. The first-order valence-electron chi connectivity index (χ1n) is 4.59. The summed E-state index contributed by atoms with van der Waals surface area (Å²) in [6, 6.07) is 3.69. The van der Waals surface area contributed by atoms with Crippen LogP contribution in [0.15, 0.2) is 29.9 Å². The third kappa shape index (κ3) is 2.10. The van der Waals surface area contributed by atoms with Crippen molar-refractivity contribution in [2.75, 3.05) is 0 Å². The van der Waals surface area contributed by atoms with E-state index in [4.69, 9.17) is 5.11 Å². The minimum absolute atomic E-state index is 0.337. The smallest absolute Gasteiger partial charge is 0.337 e. The number of carbonyl (C=O) groups is 1. The predicted molar refractivity (Wildman–Crippen MR) is 59.5 cm³/mol. The van der Waals surface area contributed by atoms with Gasteiger partial charge in [0.05, 0.1) is 12.1 Å². The number of aromatic nitrogens is 1. The minimum Gasteiger partial charge on any atom is -0.478 e. The van der Waals surface area contributed by atoms with Gasteiger partial charge in [-0.05, 0) is 30.0 Å². The lowest BCUT2D eigenvalue weighted by molar-refractivity contribution is 0.0697. The fraction of sp³-hybridized carbons (Fsp3) is 0.182. The van der Waals surface area contributed by atoms with E-state index >= 15 is 0 Å². The molecule has 0 spiro atoms. The first kappa shape index (κ1) is 9.98. The molecule has 0 bridgehead atoms. The number of nitrogens with zero attached hydrogens (tertiary/aromatic N) is 1. The Morgan fingerprint density at radius 3 is 2.87 bits per heavy atom. The Bertz CT molecular complexity index is 484. The van der Waals surface area contributed by atoms with E-state index in [9.17, 15) is 4.79 Å². The van der Waals surface area contributed by atoms with Crippen LogP contribution in [0.1, 0.15) is 20.8 Å². The molecule has 0 aliphatic carbocycles. The van der Waals surface area contributed by atoms with Gasteiger partial charge in [-0.2, -0.15) is 0 Å². The van der Waals surface area contributed by atoms with E-state index in [0.29, 0.717) is 5.56 Å². The zero-order valence-electron chi connectivity index (χ0n) is 8.30. The van der Waals surface area contributed by atoms with Crippen LogP contribution in [0.4, 0.5) is 0 Å². The molecule has 2 aromatic heterocycles. The van der Waals surface area contributed by atoms with E-state index in [-0.39, 0.29) is 0 Å². The second-order valence-corrected chi connectivity index (χ2v) is 4.41. The van der Waals surface area contributed by atoms with Gasteiger partial charge in [0.25, 0.3) is 0 Å². The van der Waals surface area contributed by atoms with Crippen LogP contribution in [0.3, 0.4) is 0 Å². The summed E-state index contributed by atoms with van der Waals surface area (Å²) in [5, 5.41) is 10.8. The van der Waals surface area contributed by atoms with Gasteiger partial charge in [-0.15, -0.1) is 11.3 Å². The normalized spacial score (nSPS) is 10.5. The van der Waals surface area contributed by atoms with Gasteiger partial charge in [-0.25, -0.2) is 4.79 Å². The first-order chi connectivity index (χ1) is 7.16. The van der Waals surface area contributed by atoms with Crippen molar-refractivity contribution in [3.8, 4) is 0 Å². The Morgan fingerprint density at radius 1 is 1.53 bits per heavy atom. The molecule has 4 heteroatoms. The summed E-state index contributed by atoms with van der Waals surface area (Å²) in [4.78, 5) is 11.9. The maximum atomic E-state index is 10.7.